The molecule has 4 aromatic rings. The molecule has 0 fully saturated rings. The van der Waals surface area contributed by atoms with E-state index in [0.717, 1.165) is 5.69 Å². The van der Waals surface area contributed by atoms with Crippen molar-refractivity contribution >= 4 is 43.9 Å². The first kappa shape index (κ1) is 20.2. The number of fused-ring (bicyclic) bond motifs is 1. The zero-order valence-corrected chi connectivity index (χ0v) is 17.8. The number of nitrogens with zero attached hydrogens (tertiary/aromatic N) is 2. The lowest BCUT2D eigenvalue weighted by atomic mass is 10.2. The number of hydrogen-bond donors (Lipinski definition) is 0. The molecule has 1 amide bonds. The highest BCUT2D eigenvalue weighted by molar-refractivity contribution is 7.91. The van der Waals surface area contributed by atoms with Gasteiger partial charge in [-0.15, -0.1) is 0 Å². The molecular formula is C23H19ClN2O3S. The molecule has 0 aliphatic heterocycles. The predicted octanol–water partition coefficient (Wildman–Crippen LogP) is 4.79. The van der Waals surface area contributed by atoms with E-state index < -0.39 is 9.84 Å². The molecule has 0 aliphatic rings. The number of likely N-dealkylation sites (N-methyl/N-ethyl adjacent to an activating group) is 1. The van der Waals surface area contributed by atoms with Gasteiger partial charge >= 0.3 is 0 Å². The maximum absolute atomic E-state index is 13.3. The average Bonchev–Trinajstić information content (AvgIpc) is 3.13. The Kier molecular flexibility index (Phi) is 5.37. The normalized spacial score (nSPS) is 11.5. The third-order valence-electron chi connectivity index (χ3n) is 4.99. The minimum absolute atomic E-state index is 0.0159. The minimum Gasteiger partial charge on any atom is -0.337 e. The molecule has 152 valence electrons. The first-order valence-electron chi connectivity index (χ1n) is 9.28. The summed E-state index contributed by atoms with van der Waals surface area (Å²) in [6.45, 7) is 0.0159. The molecule has 0 N–H and O–H groups in total. The summed E-state index contributed by atoms with van der Waals surface area (Å²) in [5.74, 6) is -0.155. The Labute approximate surface area is 180 Å². The predicted molar refractivity (Wildman–Crippen MR) is 119 cm³/mol. The first-order chi connectivity index (χ1) is 14.4. The molecule has 1 aromatic heterocycles. The van der Waals surface area contributed by atoms with Crippen LogP contribution in [0, 0.1) is 0 Å². The van der Waals surface area contributed by atoms with Gasteiger partial charge in [-0.25, -0.2) is 8.42 Å². The van der Waals surface area contributed by atoms with Crippen molar-refractivity contribution in [2.24, 2.45) is 0 Å². The summed E-state index contributed by atoms with van der Waals surface area (Å²) in [6, 6.07) is 22.5. The molecule has 0 aliphatic carbocycles. The lowest BCUT2D eigenvalue weighted by Crippen LogP contribution is -2.29. The number of halogens is 1. The van der Waals surface area contributed by atoms with Crippen molar-refractivity contribution in [3.8, 4) is 0 Å². The van der Waals surface area contributed by atoms with Crippen LogP contribution < -0.4 is 4.90 Å². The van der Waals surface area contributed by atoms with Crippen molar-refractivity contribution in [1.29, 1.82) is 0 Å². The van der Waals surface area contributed by atoms with Crippen molar-refractivity contribution in [3.05, 3.63) is 90.1 Å². The zero-order chi connectivity index (χ0) is 21.3. The van der Waals surface area contributed by atoms with Crippen LogP contribution in [0.2, 0.25) is 5.02 Å². The Hall–Kier alpha value is -3.09. The molecule has 0 unspecified atom stereocenters. The van der Waals surface area contributed by atoms with Gasteiger partial charge in [0.25, 0.3) is 0 Å². The van der Waals surface area contributed by atoms with E-state index in [1.807, 2.05) is 42.5 Å². The fourth-order valence-corrected chi connectivity index (χ4v) is 4.95. The second kappa shape index (κ2) is 7.97. The third-order valence-corrected chi connectivity index (χ3v) is 7.04. The van der Waals surface area contributed by atoms with E-state index in [-0.39, 0.29) is 22.2 Å². The summed E-state index contributed by atoms with van der Waals surface area (Å²) < 4.78 is 28.2. The monoisotopic (exact) mass is 438 g/mol. The van der Waals surface area contributed by atoms with Crippen LogP contribution >= 0.6 is 11.6 Å². The number of hydrogen-bond acceptors (Lipinski definition) is 3. The van der Waals surface area contributed by atoms with Crippen LogP contribution in [0.25, 0.3) is 10.9 Å². The quantitative estimate of drug-likeness (QED) is 0.450. The van der Waals surface area contributed by atoms with Crippen LogP contribution in [-0.4, -0.2) is 25.9 Å². The van der Waals surface area contributed by atoms with Gasteiger partial charge in [0.2, 0.25) is 15.7 Å². The lowest BCUT2D eigenvalue weighted by Gasteiger charge is -2.18. The van der Waals surface area contributed by atoms with E-state index in [1.165, 1.54) is 18.3 Å². The first-order valence-corrected chi connectivity index (χ1v) is 11.1. The molecule has 3 aromatic carbocycles. The van der Waals surface area contributed by atoms with Crippen molar-refractivity contribution in [3.63, 3.8) is 0 Å². The van der Waals surface area contributed by atoms with Crippen molar-refractivity contribution in [2.45, 2.75) is 16.3 Å². The highest BCUT2D eigenvalue weighted by Gasteiger charge is 2.24. The SMILES string of the molecule is CN(C(=O)Cn1cc(S(=O)(=O)c2ccc(Cl)cc2)c2ccccc21)c1ccccc1. The molecule has 0 bridgehead atoms. The van der Waals surface area contributed by atoms with Crippen molar-refractivity contribution in [1.82, 2.24) is 4.57 Å². The van der Waals surface area contributed by atoms with Crippen LogP contribution in [0.5, 0.6) is 0 Å². The molecular weight excluding hydrogens is 420 g/mol. The molecule has 0 saturated heterocycles. The van der Waals surface area contributed by atoms with E-state index in [1.54, 1.807) is 40.8 Å². The fourth-order valence-electron chi connectivity index (χ4n) is 3.35. The second-order valence-corrected chi connectivity index (χ2v) is 9.24. The Morgan fingerprint density at radius 1 is 0.933 bits per heavy atom. The van der Waals surface area contributed by atoms with Gasteiger partial charge < -0.3 is 9.47 Å². The third kappa shape index (κ3) is 3.72. The summed E-state index contributed by atoms with van der Waals surface area (Å²) in [6.07, 6.45) is 1.53. The standard InChI is InChI=1S/C23H19ClN2O3S/c1-25(18-7-3-2-4-8-18)23(27)16-26-15-22(20-9-5-6-10-21(20)26)30(28,29)19-13-11-17(24)12-14-19/h2-15H,16H2,1H3. The number of benzene rings is 3. The molecule has 1 heterocycles. The van der Waals surface area contributed by atoms with Gasteiger partial charge in [0.1, 0.15) is 6.54 Å². The number of anilines is 1. The fraction of sp³-hybridized carbons (Fsp3) is 0.0870. The molecule has 0 radical (unpaired) electrons. The van der Waals surface area contributed by atoms with E-state index in [4.69, 9.17) is 11.6 Å². The van der Waals surface area contributed by atoms with Crippen LogP contribution in [0.1, 0.15) is 0 Å². The van der Waals surface area contributed by atoms with E-state index >= 15 is 0 Å². The van der Waals surface area contributed by atoms with Crippen molar-refractivity contribution in [2.75, 3.05) is 11.9 Å². The molecule has 0 spiro atoms. The number of sulfone groups is 1. The van der Waals surface area contributed by atoms with E-state index in [0.29, 0.717) is 15.9 Å². The zero-order valence-electron chi connectivity index (χ0n) is 16.2. The molecule has 30 heavy (non-hydrogen) atoms. The minimum atomic E-state index is -3.77. The number of amides is 1. The molecule has 5 nitrogen and oxygen atoms in total. The number of rotatable bonds is 5. The average molecular weight is 439 g/mol. The number of aromatic nitrogens is 1. The maximum Gasteiger partial charge on any atom is 0.246 e. The van der Waals surface area contributed by atoms with Crippen molar-refractivity contribution < 1.29 is 13.2 Å². The Balaban J connectivity index is 1.74. The largest absolute Gasteiger partial charge is 0.337 e. The Morgan fingerprint density at radius 3 is 2.27 bits per heavy atom. The summed E-state index contributed by atoms with van der Waals surface area (Å²) >= 11 is 5.90. The van der Waals surface area contributed by atoms with Crippen LogP contribution in [0.3, 0.4) is 0 Å². The Morgan fingerprint density at radius 2 is 1.57 bits per heavy atom. The summed E-state index contributed by atoms with van der Waals surface area (Å²) in [4.78, 5) is 14.7. The van der Waals surface area contributed by atoms with Gasteiger partial charge in [0.05, 0.1) is 9.79 Å². The number of para-hydroxylation sites is 2. The van der Waals surface area contributed by atoms with Gasteiger partial charge in [-0.05, 0) is 42.5 Å². The van der Waals surface area contributed by atoms with Crippen LogP contribution in [0.4, 0.5) is 5.69 Å². The van der Waals surface area contributed by atoms with Gasteiger partial charge in [0.15, 0.2) is 0 Å². The molecule has 4 rings (SSSR count). The molecule has 0 saturated carbocycles. The molecule has 0 atom stereocenters. The topological polar surface area (TPSA) is 59.4 Å². The number of carbonyl (C=O) groups excluding carboxylic acids is 1. The highest BCUT2D eigenvalue weighted by Crippen LogP contribution is 2.31. The summed E-state index contributed by atoms with van der Waals surface area (Å²) in [7, 11) is -2.07. The Bertz CT molecular complexity index is 1310. The van der Waals surface area contributed by atoms with E-state index in [2.05, 4.69) is 0 Å². The van der Waals surface area contributed by atoms with E-state index in [9.17, 15) is 13.2 Å². The van der Waals surface area contributed by atoms with Gasteiger partial charge in [-0.2, -0.15) is 0 Å². The van der Waals surface area contributed by atoms with Crippen LogP contribution in [-0.2, 0) is 21.2 Å². The summed E-state index contributed by atoms with van der Waals surface area (Å²) in [5, 5.41) is 1.04. The number of carbonyl (C=O) groups is 1. The summed E-state index contributed by atoms with van der Waals surface area (Å²) in [5.41, 5.74) is 1.45. The van der Waals surface area contributed by atoms with Gasteiger partial charge in [-0.1, -0.05) is 48.0 Å². The second-order valence-electron chi connectivity index (χ2n) is 6.88. The highest BCUT2D eigenvalue weighted by atomic mass is 35.5. The van der Waals surface area contributed by atoms with Crippen LogP contribution in [0.15, 0.2) is 94.9 Å². The van der Waals surface area contributed by atoms with Gasteiger partial charge in [-0.3, -0.25) is 4.79 Å². The molecule has 7 heteroatoms. The maximum atomic E-state index is 13.3. The van der Waals surface area contributed by atoms with Gasteiger partial charge in [0, 0.05) is 34.9 Å². The smallest absolute Gasteiger partial charge is 0.246 e. The lowest BCUT2D eigenvalue weighted by molar-refractivity contribution is -0.118.